The van der Waals surface area contributed by atoms with Crippen molar-refractivity contribution in [2.45, 2.75) is 36.7 Å². The largest absolute Gasteiger partial charge is 0.381 e. The van der Waals surface area contributed by atoms with Gasteiger partial charge in [-0.25, -0.2) is 8.42 Å². The van der Waals surface area contributed by atoms with Crippen molar-refractivity contribution in [2.24, 2.45) is 0 Å². The van der Waals surface area contributed by atoms with E-state index >= 15 is 0 Å². The van der Waals surface area contributed by atoms with E-state index in [0.29, 0.717) is 31.9 Å². The van der Waals surface area contributed by atoms with Crippen LogP contribution in [0.1, 0.15) is 26.7 Å². The first-order valence-corrected chi connectivity index (χ1v) is 9.97. The summed E-state index contributed by atoms with van der Waals surface area (Å²) in [5, 5.41) is 8.63. The summed E-state index contributed by atoms with van der Waals surface area (Å²) >= 11 is 0. The quantitative estimate of drug-likeness (QED) is 0.820. The van der Waals surface area contributed by atoms with Gasteiger partial charge >= 0.3 is 0 Å². The molecule has 0 unspecified atom stereocenters. The maximum atomic E-state index is 12.9. The molecule has 0 aliphatic carbocycles. The normalized spacial score (nSPS) is 16.4. The lowest BCUT2D eigenvalue weighted by atomic mass is 10.2. The molecule has 1 amide bonds. The highest BCUT2D eigenvalue weighted by Crippen LogP contribution is 2.28. The number of rotatable bonds is 5. The molecule has 2 aromatic rings. The second-order valence-corrected chi connectivity index (χ2v) is 9.47. The van der Waals surface area contributed by atoms with Gasteiger partial charge in [-0.3, -0.25) is 15.2 Å². The van der Waals surface area contributed by atoms with Crippen molar-refractivity contribution in [3.8, 4) is 11.4 Å². The molecule has 140 valence electrons. The summed E-state index contributed by atoms with van der Waals surface area (Å²) in [5.74, 6) is -0.113. The fraction of sp³-hybridized carbons (Fsp3) is 0.471. The first-order chi connectivity index (χ1) is 12.3. The van der Waals surface area contributed by atoms with Gasteiger partial charge in [0, 0.05) is 18.8 Å². The zero-order valence-corrected chi connectivity index (χ0v) is 15.5. The molecule has 0 bridgehead atoms. The standard InChI is InChI=1S/C17H22N4O4S/c1-17(2,26(23,24)13-8-10-25-11-9-13)15(22)19-16-18-14(20-21-16)12-6-4-3-5-7-12/h3-7,13H,8-11H2,1-2H3,(H2,18,19,20,21,22). The molecule has 0 atom stereocenters. The molecule has 1 aliphatic rings. The maximum absolute atomic E-state index is 12.9. The van der Waals surface area contributed by atoms with Crippen LogP contribution < -0.4 is 5.32 Å². The summed E-state index contributed by atoms with van der Waals surface area (Å²) in [4.78, 5) is 16.9. The van der Waals surface area contributed by atoms with Gasteiger partial charge in [-0.05, 0) is 26.7 Å². The van der Waals surface area contributed by atoms with E-state index in [-0.39, 0.29) is 5.95 Å². The SMILES string of the molecule is CC(C)(C(=O)Nc1n[nH]c(-c2ccccc2)n1)S(=O)(=O)C1CCOCC1. The smallest absolute Gasteiger partial charge is 0.249 e. The van der Waals surface area contributed by atoms with Crippen molar-refractivity contribution in [1.82, 2.24) is 15.2 Å². The maximum Gasteiger partial charge on any atom is 0.249 e. The van der Waals surface area contributed by atoms with Crippen molar-refractivity contribution in [3.63, 3.8) is 0 Å². The summed E-state index contributed by atoms with van der Waals surface area (Å²) in [6, 6.07) is 9.31. The Hall–Kier alpha value is -2.26. The van der Waals surface area contributed by atoms with Gasteiger partial charge in [0.25, 0.3) is 0 Å². The molecule has 2 heterocycles. The molecule has 0 saturated carbocycles. The summed E-state index contributed by atoms with van der Waals surface area (Å²) in [5.41, 5.74) is 0.814. The van der Waals surface area contributed by atoms with Gasteiger partial charge in [-0.15, -0.1) is 5.10 Å². The fourth-order valence-corrected chi connectivity index (χ4v) is 4.78. The molecule has 8 nitrogen and oxygen atoms in total. The molecule has 26 heavy (non-hydrogen) atoms. The molecular formula is C17H22N4O4S. The predicted octanol–water partition coefficient (Wildman–Crippen LogP) is 1.78. The van der Waals surface area contributed by atoms with E-state index in [1.807, 2.05) is 30.3 Å². The molecular weight excluding hydrogens is 356 g/mol. The van der Waals surface area contributed by atoms with Gasteiger partial charge in [0.1, 0.15) is 4.75 Å². The van der Waals surface area contributed by atoms with Crippen LogP contribution in [0.2, 0.25) is 0 Å². The van der Waals surface area contributed by atoms with Crippen LogP contribution in [0.4, 0.5) is 5.95 Å². The topological polar surface area (TPSA) is 114 Å². The van der Waals surface area contributed by atoms with Crippen molar-refractivity contribution < 1.29 is 17.9 Å². The second kappa shape index (κ2) is 7.16. The van der Waals surface area contributed by atoms with Crippen LogP contribution >= 0.6 is 0 Å². The Kier molecular flexibility index (Phi) is 5.10. The van der Waals surface area contributed by atoms with Crippen LogP contribution in [0.25, 0.3) is 11.4 Å². The van der Waals surface area contributed by atoms with Crippen LogP contribution in [-0.2, 0) is 19.4 Å². The van der Waals surface area contributed by atoms with Crippen LogP contribution in [0.3, 0.4) is 0 Å². The third kappa shape index (κ3) is 3.49. The van der Waals surface area contributed by atoms with E-state index in [2.05, 4.69) is 20.5 Å². The Morgan fingerprint density at radius 3 is 2.54 bits per heavy atom. The minimum absolute atomic E-state index is 0.0455. The number of anilines is 1. The minimum atomic E-state index is -3.68. The number of aromatic nitrogens is 3. The number of nitrogens with one attached hydrogen (secondary N) is 2. The summed E-state index contributed by atoms with van der Waals surface area (Å²) in [6.07, 6.45) is 0.801. The number of hydrogen-bond acceptors (Lipinski definition) is 6. The van der Waals surface area contributed by atoms with Gasteiger partial charge in [-0.1, -0.05) is 30.3 Å². The number of hydrogen-bond donors (Lipinski definition) is 2. The Morgan fingerprint density at radius 1 is 1.23 bits per heavy atom. The van der Waals surface area contributed by atoms with Crippen molar-refractivity contribution in [2.75, 3.05) is 18.5 Å². The highest BCUT2D eigenvalue weighted by molar-refractivity contribution is 7.94. The number of carbonyl (C=O) groups excluding carboxylic acids is 1. The molecule has 1 aliphatic heterocycles. The molecule has 1 saturated heterocycles. The van der Waals surface area contributed by atoms with Crippen molar-refractivity contribution >= 4 is 21.7 Å². The van der Waals surface area contributed by atoms with Gasteiger partial charge in [0.15, 0.2) is 15.7 Å². The van der Waals surface area contributed by atoms with Gasteiger partial charge < -0.3 is 4.74 Å². The molecule has 1 fully saturated rings. The van der Waals surface area contributed by atoms with Gasteiger partial charge in [-0.2, -0.15) is 4.98 Å². The van der Waals surface area contributed by atoms with Crippen LogP contribution in [0, 0.1) is 0 Å². The van der Waals surface area contributed by atoms with Gasteiger partial charge in [0.2, 0.25) is 11.9 Å². The molecule has 0 spiro atoms. The minimum Gasteiger partial charge on any atom is -0.381 e. The lowest BCUT2D eigenvalue weighted by Crippen LogP contribution is -2.50. The van der Waals surface area contributed by atoms with Crippen LogP contribution in [0.15, 0.2) is 30.3 Å². The number of benzene rings is 1. The number of aromatic amines is 1. The average Bonchev–Trinajstić information content (AvgIpc) is 3.11. The second-order valence-electron chi connectivity index (χ2n) is 6.69. The summed E-state index contributed by atoms with van der Waals surface area (Å²) in [6.45, 7) is 3.61. The zero-order valence-electron chi connectivity index (χ0n) is 14.7. The zero-order chi connectivity index (χ0) is 18.8. The average molecular weight is 378 g/mol. The van der Waals surface area contributed by atoms with E-state index in [0.717, 1.165) is 5.56 Å². The lowest BCUT2D eigenvalue weighted by Gasteiger charge is -2.30. The number of ether oxygens (including phenoxy) is 1. The first kappa shape index (κ1) is 18.5. The predicted molar refractivity (Wildman–Crippen MR) is 97.3 cm³/mol. The van der Waals surface area contributed by atoms with Crippen LogP contribution in [-0.4, -0.2) is 52.7 Å². The van der Waals surface area contributed by atoms with Gasteiger partial charge in [0.05, 0.1) is 5.25 Å². The fourth-order valence-electron chi connectivity index (χ4n) is 2.83. The Bertz CT molecular complexity index is 871. The number of carbonyl (C=O) groups is 1. The van der Waals surface area contributed by atoms with E-state index in [4.69, 9.17) is 4.74 Å². The highest BCUT2D eigenvalue weighted by atomic mass is 32.2. The molecule has 0 radical (unpaired) electrons. The molecule has 1 aromatic heterocycles. The summed E-state index contributed by atoms with van der Waals surface area (Å²) < 4.78 is 29.4. The first-order valence-electron chi connectivity index (χ1n) is 8.43. The molecule has 1 aromatic carbocycles. The number of amides is 1. The molecule has 2 N–H and O–H groups in total. The Labute approximate surface area is 152 Å². The molecule has 3 rings (SSSR count). The van der Waals surface area contributed by atoms with E-state index in [1.54, 1.807) is 0 Å². The molecule has 9 heteroatoms. The third-order valence-corrected chi connectivity index (χ3v) is 7.58. The lowest BCUT2D eigenvalue weighted by molar-refractivity contribution is -0.117. The monoisotopic (exact) mass is 378 g/mol. The number of H-pyrrole nitrogens is 1. The third-order valence-electron chi connectivity index (χ3n) is 4.62. The summed E-state index contributed by atoms with van der Waals surface area (Å²) in [7, 11) is -3.68. The Balaban J connectivity index is 1.75. The number of sulfone groups is 1. The van der Waals surface area contributed by atoms with E-state index in [1.165, 1.54) is 13.8 Å². The van der Waals surface area contributed by atoms with Crippen LogP contribution in [0.5, 0.6) is 0 Å². The highest BCUT2D eigenvalue weighted by Gasteiger charge is 2.46. The van der Waals surface area contributed by atoms with E-state index < -0.39 is 25.7 Å². The van der Waals surface area contributed by atoms with E-state index in [9.17, 15) is 13.2 Å². The number of nitrogens with zero attached hydrogens (tertiary/aromatic N) is 2. The van der Waals surface area contributed by atoms with Crippen molar-refractivity contribution in [1.29, 1.82) is 0 Å². The Morgan fingerprint density at radius 2 is 1.88 bits per heavy atom. The van der Waals surface area contributed by atoms with Crippen molar-refractivity contribution in [3.05, 3.63) is 30.3 Å².